The van der Waals surface area contributed by atoms with Crippen LogP contribution < -0.4 is 14.2 Å². The van der Waals surface area contributed by atoms with Gasteiger partial charge < -0.3 is 28.8 Å². The van der Waals surface area contributed by atoms with Crippen molar-refractivity contribution < 1.29 is 28.8 Å². The highest BCUT2D eigenvalue weighted by Crippen LogP contribution is 2.48. The second kappa shape index (κ2) is 13.2. The first-order chi connectivity index (χ1) is 23.1. The van der Waals surface area contributed by atoms with Crippen LogP contribution in [0.15, 0.2) is 122 Å². The molecule has 47 heavy (non-hydrogen) atoms. The lowest BCUT2D eigenvalue weighted by Gasteiger charge is -2.38. The summed E-state index contributed by atoms with van der Waals surface area (Å²) in [6.45, 7) is 0.0613. The van der Waals surface area contributed by atoms with Gasteiger partial charge in [0.05, 0.1) is 33.3 Å². The van der Waals surface area contributed by atoms with Gasteiger partial charge in [0.25, 0.3) is 5.88 Å². The fourth-order valence-corrected chi connectivity index (χ4v) is 6.19. The molecule has 0 radical (unpaired) electrons. The van der Waals surface area contributed by atoms with Crippen molar-refractivity contribution in [3.05, 3.63) is 139 Å². The van der Waals surface area contributed by atoms with Crippen molar-refractivity contribution in [2.75, 3.05) is 20.8 Å². The summed E-state index contributed by atoms with van der Waals surface area (Å²) in [6.07, 6.45) is 1.35. The maximum atomic E-state index is 11.3. The molecular formula is C37H34N4O6. The second-order valence-electron chi connectivity index (χ2n) is 11.1. The summed E-state index contributed by atoms with van der Waals surface area (Å²) >= 11 is 0. The Hall–Kier alpha value is -5.29. The summed E-state index contributed by atoms with van der Waals surface area (Å²) in [5.41, 5.74) is 2.40. The van der Waals surface area contributed by atoms with Gasteiger partial charge in [-0.2, -0.15) is 4.98 Å². The predicted octanol–water partition coefficient (Wildman–Crippen LogP) is 6.29. The molecule has 0 spiro atoms. The number of hydrogen-bond acceptors (Lipinski definition) is 9. The molecule has 3 unspecified atom stereocenters. The summed E-state index contributed by atoms with van der Waals surface area (Å²) in [5.74, 6) is 2.10. The molecule has 0 aliphatic carbocycles. The van der Waals surface area contributed by atoms with Crippen molar-refractivity contribution >= 4 is 11.2 Å². The van der Waals surface area contributed by atoms with Crippen molar-refractivity contribution in [3.63, 3.8) is 0 Å². The van der Waals surface area contributed by atoms with E-state index in [1.54, 1.807) is 25.1 Å². The number of aliphatic hydroxyl groups excluding tert-OH is 1. The second-order valence-corrected chi connectivity index (χ2v) is 11.1. The van der Waals surface area contributed by atoms with Crippen LogP contribution in [0.2, 0.25) is 0 Å². The van der Waals surface area contributed by atoms with E-state index in [2.05, 4.69) is 15.0 Å². The number of ether oxygens (including phenoxy) is 5. The summed E-state index contributed by atoms with van der Waals surface area (Å²) in [6, 6.07) is 35.0. The Balaban J connectivity index is 1.22. The minimum Gasteiger partial charge on any atom is -0.493 e. The van der Waals surface area contributed by atoms with Crippen LogP contribution in [-0.4, -0.2) is 57.7 Å². The summed E-state index contributed by atoms with van der Waals surface area (Å²) in [5, 5.41) is 11.3. The number of methoxy groups -OCH3 is 2. The number of aliphatic hydroxyl groups is 1. The van der Waals surface area contributed by atoms with Crippen LogP contribution in [0.3, 0.4) is 0 Å². The smallest absolute Gasteiger partial charge is 0.250 e. The summed E-state index contributed by atoms with van der Waals surface area (Å²) < 4.78 is 32.9. The van der Waals surface area contributed by atoms with Crippen molar-refractivity contribution in [2.24, 2.45) is 0 Å². The topological polar surface area (TPSA) is 110 Å². The van der Waals surface area contributed by atoms with Gasteiger partial charge in [-0.05, 0) is 29.3 Å². The minimum atomic E-state index is -1.14. The van der Waals surface area contributed by atoms with E-state index in [1.165, 1.54) is 6.33 Å². The monoisotopic (exact) mass is 630 g/mol. The standard InChI is InChI=1S/C37H34N4O6/c1-43-30-20-12-19-28(34(30)44-2)37(25-13-6-3-7-14-25,26-15-8-4-9-16-26)45-22-31-29(42)21-32(47-31)41-24-40-33-35(41)38-23-39-36(33)46-27-17-10-5-11-18-27/h3-20,23-24,29,31-32,42H,21-22H2,1-2H3. The third-order valence-corrected chi connectivity index (χ3v) is 8.40. The zero-order valence-corrected chi connectivity index (χ0v) is 26.0. The zero-order valence-electron chi connectivity index (χ0n) is 26.0. The molecular weight excluding hydrogens is 596 g/mol. The molecule has 3 heterocycles. The SMILES string of the molecule is COc1cccc(C(OCC2OC(n3cnc4c(Oc5ccccc5)ncnc43)CC2O)(c2ccccc2)c2ccccc2)c1OC. The Morgan fingerprint density at radius 3 is 2.15 bits per heavy atom. The van der Waals surface area contributed by atoms with Crippen molar-refractivity contribution in [1.29, 1.82) is 0 Å². The third kappa shape index (κ3) is 5.67. The number of nitrogens with zero attached hydrogens (tertiary/aromatic N) is 4. The van der Waals surface area contributed by atoms with Crippen LogP contribution in [0, 0.1) is 0 Å². The van der Waals surface area contributed by atoms with Crippen LogP contribution in [0.25, 0.3) is 11.2 Å². The molecule has 1 fully saturated rings. The number of hydrogen-bond donors (Lipinski definition) is 1. The quantitative estimate of drug-likeness (QED) is 0.165. The van der Waals surface area contributed by atoms with E-state index in [-0.39, 0.29) is 6.61 Å². The predicted molar refractivity (Wildman–Crippen MR) is 175 cm³/mol. The zero-order chi connectivity index (χ0) is 32.2. The Bertz CT molecular complexity index is 1900. The fourth-order valence-electron chi connectivity index (χ4n) is 6.19. The van der Waals surface area contributed by atoms with E-state index in [4.69, 9.17) is 23.7 Å². The molecule has 1 N–H and O–H groups in total. The third-order valence-electron chi connectivity index (χ3n) is 8.40. The minimum absolute atomic E-state index is 0.0613. The van der Waals surface area contributed by atoms with E-state index in [9.17, 15) is 5.11 Å². The molecule has 0 amide bonds. The van der Waals surface area contributed by atoms with Crippen molar-refractivity contribution in [3.8, 4) is 23.1 Å². The van der Waals surface area contributed by atoms with E-state index in [0.29, 0.717) is 40.7 Å². The molecule has 2 aromatic heterocycles. The van der Waals surface area contributed by atoms with Crippen molar-refractivity contribution in [2.45, 2.75) is 30.5 Å². The van der Waals surface area contributed by atoms with Crippen molar-refractivity contribution in [1.82, 2.24) is 19.5 Å². The van der Waals surface area contributed by atoms with Gasteiger partial charge in [0.1, 0.15) is 30.0 Å². The van der Waals surface area contributed by atoms with E-state index >= 15 is 0 Å². The lowest BCUT2D eigenvalue weighted by atomic mass is 9.79. The molecule has 238 valence electrons. The highest BCUT2D eigenvalue weighted by Gasteiger charge is 2.44. The molecule has 6 aromatic rings. The fraction of sp³-hybridized carbons (Fsp3) is 0.216. The van der Waals surface area contributed by atoms with Gasteiger partial charge in [0.2, 0.25) is 0 Å². The van der Waals surface area contributed by atoms with Crippen LogP contribution in [0.1, 0.15) is 29.3 Å². The molecule has 1 aliphatic heterocycles. The number of para-hydroxylation sites is 2. The van der Waals surface area contributed by atoms with E-state index in [1.807, 2.05) is 109 Å². The van der Waals surface area contributed by atoms with Crippen LogP contribution in [0.5, 0.6) is 23.1 Å². The Labute approximate surface area is 272 Å². The van der Waals surface area contributed by atoms with Gasteiger partial charge in [0, 0.05) is 12.0 Å². The Kier molecular flexibility index (Phi) is 8.54. The van der Waals surface area contributed by atoms with Gasteiger partial charge in [-0.3, -0.25) is 4.57 Å². The molecule has 4 aromatic carbocycles. The number of rotatable bonds is 11. The maximum Gasteiger partial charge on any atom is 0.250 e. The molecule has 3 atom stereocenters. The van der Waals surface area contributed by atoms with E-state index < -0.39 is 24.0 Å². The first kappa shape index (κ1) is 30.4. The number of imidazole rings is 1. The molecule has 10 nitrogen and oxygen atoms in total. The molecule has 1 aliphatic rings. The summed E-state index contributed by atoms with van der Waals surface area (Å²) in [7, 11) is 3.23. The lowest BCUT2D eigenvalue weighted by Crippen LogP contribution is -2.38. The largest absolute Gasteiger partial charge is 0.493 e. The first-order valence-corrected chi connectivity index (χ1v) is 15.3. The van der Waals surface area contributed by atoms with E-state index in [0.717, 1.165) is 16.7 Å². The van der Waals surface area contributed by atoms with Gasteiger partial charge in [-0.1, -0.05) is 91.0 Å². The highest BCUT2D eigenvalue weighted by molar-refractivity contribution is 5.76. The number of aromatic nitrogens is 4. The molecule has 0 bridgehead atoms. The molecule has 7 rings (SSSR count). The van der Waals surface area contributed by atoms with Crippen LogP contribution in [-0.2, 0) is 15.1 Å². The van der Waals surface area contributed by atoms with Gasteiger partial charge in [-0.25, -0.2) is 9.97 Å². The Morgan fingerprint density at radius 2 is 1.49 bits per heavy atom. The normalized spacial score (nSPS) is 17.9. The maximum absolute atomic E-state index is 11.3. The first-order valence-electron chi connectivity index (χ1n) is 15.3. The average molecular weight is 631 g/mol. The Morgan fingerprint density at radius 1 is 0.809 bits per heavy atom. The lowest BCUT2D eigenvalue weighted by molar-refractivity contribution is -0.0935. The summed E-state index contributed by atoms with van der Waals surface area (Å²) in [4.78, 5) is 13.3. The number of benzene rings is 4. The van der Waals surface area contributed by atoms with Gasteiger partial charge >= 0.3 is 0 Å². The average Bonchev–Trinajstić information content (AvgIpc) is 3.73. The molecule has 0 saturated carbocycles. The highest BCUT2D eigenvalue weighted by atomic mass is 16.6. The number of fused-ring (bicyclic) bond motifs is 1. The van der Waals surface area contributed by atoms with Crippen LogP contribution in [0.4, 0.5) is 0 Å². The molecule has 1 saturated heterocycles. The van der Waals surface area contributed by atoms with Gasteiger partial charge in [0.15, 0.2) is 22.7 Å². The molecule has 10 heteroatoms. The van der Waals surface area contributed by atoms with Gasteiger partial charge in [-0.15, -0.1) is 0 Å². The van der Waals surface area contributed by atoms with Crippen LogP contribution >= 0.6 is 0 Å².